The van der Waals surface area contributed by atoms with Gasteiger partial charge >= 0.3 is 0 Å². The Morgan fingerprint density at radius 3 is 1.31 bits per heavy atom. The van der Waals surface area contributed by atoms with E-state index in [9.17, 15) is 0 Å². The SMILES string of the molecule is CC1(C)c2ccccc2C2(c3ccc(-c4ccc5c6ccccc6c6ccccc6c5c4)cc3-c3c(-c4cc(-c5ccccc5)nc(-c5ccccc5)c4)cccc32)c2ccccc21. The molecule has 11 aromatic rings. The van der Waals surface area contributed by atoms with Gasteiger partial charge < -0.3 is 0 Å². The van der Waals surface area contributed by atoms with E-state index in [1.165, 1.54) is 93.5 Å². The van der Waals surface area contributed by atoms with Crippen LogP contribution in [-0.4, -0.2) is 4.98 Å². The van der Waals surface area contributed by atoms with Crippen LogP contribution in [0.25, 0.3) is 88.2 Å². The van der Waals surface area contributed by atoms with Crippen molar-refractivity contribution in [3.8, 4) is 55.9 Å². The van der Waals surface area contributed by atoms with Crippen molar-refractivity contribution in [1.82, 2.24) is 4.98 Å². The predicted molar refractivity (Wildman–Crippen MR) is 268 cm³/mol. The first-order valence-electron chi connectivity index (χ1n) is 22.5. The van der Waals surface area contributed by atoms with Gasteiger partial charge in [0.2, 0.25) is 0 Å². The second-order valence-electron chi connectivity index (χ2n) is 18.2. The van der Waals surface area contributed by atoms with Crippen molar-refractivity contribution in [3.63, 3.8) is 0 Å². The van der Waals surface area contributed by atoms with Gasteiger partial charge in [0, 0.05) is 16.5 Å². The van der Waals surface area contributed by atoms with Gasteiger partial charge in [0.05, 0.1) is 16.8 Å². The van der Waals surface area contributed by atoms with Gasteiger partial charge in [-0.1, -0.05) is 214 Å². The maximum atomic E-state index is 5.32. The van der Waals surface area contributed by atoms with Crippen molar-refractivity contribution in [3.05, 3.63) is 258 Å². The zero-order chi connectivity index (χ0) is 42.6. The van der Waals surface area contributed by atoms with Crippen LogP contribution in [-0.2, 0) is 10.8 Å². The van der Waals surface area contributed by atoms with E-state index >= 15 is 0 Å². The average Bonchev–Trinajstić information content (AvgIpc) is 3.66. The average molecular weight is 814 g/mol. The molecule has 0 amide bonds. The minimum Gasteiger partial charge on any atom is -0.248 e. The minimum atomic E-state index is -0.530. The molecule has 1 spiro atoms. The van der Waals surface area contributed by atoms with Gasteiger partial charge in [-0.15, -0.1) is 0 Å². The fraction of sp³-hybridized carbons (Fsp3) is 0.0635. The molecule has 0 saturated carbocycles. The summed E-state index contributed by atoms with van der Waals surface area (Å²) in [6, 6.07) is 83.5. The molecule has 2 aliphatic rings. The number of nitrogens with zero attached hydrogens (tertiary/aromatic N) is 1. The highest BCUT2D eigenvalue weighted by molar-refractivity contribution is 6.25. The maximum absolute atomic E-state index is 5.32. The van der Waals surface area contributed by atoms with E-state index in [4.69, 9.17) is 4.98 Å². The molecule has 1 aromatic heterocycles. The summed E-state index contributed by atoms with van der Waals surface area (Å²) in [5.74, 6) is 0. The Labute approximate surface area is 374 Å². The Balaban J connectivity index is 1.12. The molecule has 10 aromatic carbocycles. The van der Waals surface area contributed by atoms with Crippen molar-refractivity contribution in [1.29, 1.82) is 0 Å². The van der Waals surface area contributed by atoms with Crippen molar-refractivity contribution < 1.29 is 0 Å². The van der Waals surface area contributed by atoms with E-state index in [2.05, 4.69) is 238 Å². The normalized spacial score (nSPS) is 14.0. The van der Waals surface area contributed by atoms with Crippen molar-refractivity contribution in [2.24, 2.45) is 0 Å². The van der Waals surface area contributed by atoms with Crippen LogP contribution in [0.1, 0.15) is 47.2 Å². The second kappa shape index (κ2) is 13.8. The first kappa shape index (κ1) is 36.8. The summed E-state index contributed by atoms with van der Waals surface area (Å²) in [6.07, 6.45) is 0. The van der Waals surface area contributed by atoms with Gasteiger partial charge in [-0.05, 0) is 123 Å². The Hall–Kier alpha value is -7.87. The Kier molecular flexibility index (Phi) is 7.93. The number of fused-ring (bicyclic) bond motifs is 15. The molecule has 0 bridgehead atoms. The van der Waals surface area contributed by atoms with E-state index in [1.54, 1.807) is 0 Å². The van der Waals surface area contributed by atoms with Gasteiger partial charge in [0.15, 0.2) is 0 Å². The number of pyridine rings is 1. The number of rotatable bonds is 4. The summed E-state index contributed by atoms with van der Waals surface area (Å²) in [7, 11) is 0. The molecule has 0 fully saturated rings. The van der Waals surface area contributed by atoms with E-state index in [1.807, 2.05) is 0 Å². The topological polar surface area (TPSA) is 12.9 Å². The van der Waals surface area contributed by atoms with E-state index in [0.717, 1.165) is 28.1 Å². The molecule has 0 N–H and O–H groups in total. The van der Waals surface area contributed by atoms with Gasteiger partial charge in [0.25, 0.3) is 0 Å². The zero-order valence-electron chi connectivity index (χ0n) is 35.8. The highest BCUT2D eigenvalue weighted by Crippen LogP contribution is 2.64. The zero-order valence-corrected chi connectivity index (χ0v) is 35.8. The standard InChI is InChI=1S/C63H43N/c1-62(2)54-27-13-15-29-56(54)63(57-30-16-14-28-55(57)62)53-35-33-43(42-32-34-50-48-24-10-9-22-46(48)47-23-11-12-25-49(47)51(50)36-42)37-52(53)61-45(26-17-31-58(61)63)44-38-59(40-18-5-3-6-19-40)64-60(39-44)41-20-7-4-8-21-41/h3-39H,1-2H3. The number of aromatic nitrogens is 1. The Bertz CT molecular complexity index is 3550. The summed E-state index contributed by atoms with van der Waals surface area (Å²) >= 11 is 0. The molecule has 1 heterocycles. The first-order valence-corrected chi connectivity index (χ1v) is 22.5. The van der Waals surface area contributed by atoms with Crippen LogP contribution in [0.3, 0.4) is 0 Å². The lowest BCUT2D eigenvalue weighted by molar-refractivity contribution is 0.563. The van der Waals surface area contributed by atoms with Crippen LogP contribution >= 0.6 is 0 Å². The monoisotopic (exact) mass is 813 g/mol. The van der Waals surface area contributed by atoms with Crippen molar-refractivity contribution in [2.45, 2.75) is 24.7 Å². The molecule has 13 rings (SSSR count). The van der Waals surface area contributed by atoms with Crippen molar-refractivity contribution >= 4 is 32.3 Å². The predicted octanol–water partition coefficient (Wildman–Crippen LogP) is 16.2. The Morgan fingerprint density at radius 2 is 0.734 bits per heavy atom. The second-order valence-corrected chi connectivity index (χ2v) is 18.2. The third-order valence-corrected chi connectivity index (χ3v) is 14.5. The van der Waals surface area contributed by atoms with Crippen LogP contribution in [0.5, 0.6) is 0 Å². The molecule has 64 heavy (non-hydrogen) atoms. The van der Waals surface area contributed by atoms with Crippen LogP contribution < -0.4 is 0 Å². The summed E-state index contributed by atoms with van der Waals surface area (Å²) in [5, 5.41) is 7.72. The maximum Gasteiger partial charge on any atom is 0.0719 e. The molecule has 300 valence electrons. The van der Waals surface area contributed by atoms with Crippen LogP contribution in [0.2, 0.25) is 0 Å². The van der Waals surface area contributed by atoms with E-state index < -0.39 is 5.41 Å². The molecule has 0 atom stereocenters. The summed E-state index contributed by atoms with van der Waals surface area (Å²) in [5.41, 5.74) is 18.9. The molecule has 1 heteroatoms. The minimum absolute atomic E-state index is 0.183. The lowest BCUT2D eigenvalue weighted by Gasteiger charge is -2.46. The van der Waals surface area contributed by atoms with Crippen molar-refractivity contribution in [2.75, 3.05) is 0 Å². The lowest BCUT2D eigenvalue weighted by Crippen LogP contribution is -2.40. The molecule has 1 nitrogen and oxygen atoms in total. The van der Waals surface area contributed by atoms with E-state index in [0.29, 0.717) is 0 Å². The van der Waals surface area contributed by atoms with Gasteiger partial charge in [-0.3, -0.25) is 0 Å². The lowest BCUT2D eigenvalue weighted by atomic mass is 9.55. The number of hydrogen-bond donors (Lipinski definition) is 0. The fourth-order valence-electron chi connectivity index (χ4n) is 11.7. The summed E-state index contributed by atoms with van der Waals surface area (Å²) in [6.45, 7) is 4.79. The first-order chi connectivity index (χ1) is 31.5. The van der Waals surface area contributed by atoms with Gasteiger partial charge in [-0.2, -0.15) is 0 Å². The number of hydrogen-bond acceptors (Lipinski definition) is 1. The highest BCUT2D eigenvalue weighted by atomic mass is 14.7. The van der Waals surface area contributed by atoms with Crippen LogP contribution in [0.4, 0.5) is 0 Å². The third kappa shape index (κ3) is 5.16. The third-order valence-electron chi connectivity index (χ3n) is 14.5. The molecule has 0 saturated heterocycles. The molecular formula is C63H43N. The smallest absolute Gasteiger partial charge is 0.0719 e. The number of benzene rings is 10. The highest BCUT2D eigenvalue weighted by Gasteiger charge is 2.53. The fourth-order valence-corrected chi connectivity index (χ4v) is 11.7. The molecular weight excluding hydrogens is 771 g/mol. The van der Waals surface area contributed by atoms with Gasteiger partial charge in [0.1, 0.15) is 0 Å². The van der Waals surface area contributed by atoms with Gasteiger partial charge in [-0.25, -0.2) is 4.98 Å². The summed E-state index contributed by atoms with van der Waals surface area (Å²) < 4.78 is 0. The largest absolute Gasteiger partial charge is 0.248 e. The molecule has 0 aliphatic heterocycles. The van der Waals surface area contributed by atoms with Crippen LogP contribution in [0, 0.1) is 0 Å². The van der Waals surface area contributed by atoms with E-state index in [-0.39, 0.29) is 5.41 Å². The quantitative estimate of drug-likeness (QED) is 0.161. The Morgan fingerprint density at radius 1 is 0.281 bits per heavy atom. The molecule has 2 aliphatic carbocycles. The molecule has 0 radical (unpaired) electrons. The van der Waals surface area contributed by atoms with Crippen LogP contribution in [0.15, 0.2) is 224 Å². The molecule has 0 unspecified atom stereocenters. The summed E-state index contributed by atoms with van der Waals surface area (Å²) in [4.78, 5) is 5.32.